The SMILES string of the molecule is CNCCCC(=O)O[C@@H]1[C@@H]2O[PH](=O)OC[C@H]3O[C@@H](n4cnc5c(N)ncnc54)[C@H](C[PH](=O)OC[C@H]2O[C@H]1n1cnc2c(N)ncnc21)[C@@H]3O. The number of nitrogens with zero attached hydrogens (tertiary/aromatic N) is 8. The van der Waals surface area contributed by atoms with E-state index in [9.17, 15) is 19.0 Å². The van der Waals surface area contributed by atoms with Crippen LogP contribution in [0, 0.1) is 5.92 Å². The van der Waals surface area contributed by atoms with Crippen LogP contribution < -0.4 is 16.8 Å². The highest BCUT2D eigenvalue weighted by atomic mass is 31.1. The zero-order chi connectivity index (χ0) is 34.2. The third-order valence-corrected chi connectivity index (χ3v) is 10.8. The van der Waals surface area contributed by atoms with Gasteiger partial charge in [0.05, 0.1) is 32.0 Å². The van der Waals surface area contributed by atoms with E-state index < -0.39 is 71.1 Å². The second-order valence-electron chi connectivity index (χ2n) is 11.6. The normalized spacial score (nSPS) is 32.4. The number of imidazole rings is 2. The number of aromatic nitrogens is 8. The summed E-state index contributed by atoms with van der Waals surface area (Å²) in [6.45, 7) is -0.0960. The molecule has 3 fully saturated rings. The number of fused-ring (bicyclic) bond motifs is 5. The van der Waals surface area contributed by atoms with Gasteiger partial charge in [-0.2, -0.15) is 0 Å². The summed E-state index contributed by atoms with van der Waals surface area (Å²) in [4.78, 5) is 38.0. The van der Waals surface area contributed by atoms with E-state index in [0.717, 1.165) is 0 Å². The molecule has 6 N–H and O–H groups in total. The Kier molecular flexibility index (Phi) is 9.87. The smallest absolute Gasteiger partial charge is 0.319 e. The highest BCUT2D eigenvalue weighted by Crippen LogP contribution is 2.46. The van der Waals surface area contributed by atoms with Gasteiger partial charge in [-0.3, -0.25) is 23.1 Å². The summed E-state index contributed by atoms with van der Waals surface area (Å²) in [6.07, 6.45) is -1.84. The first-order valence-corrected chi connectivity index (χ1v) is 18.2. The second-order valence-corrected chi connectivity index (χ2v) is 14.1. The third kappa shape index (κ3) is 6.65. The van der Waals surface area contributed by atoms with Gasteiger partial charge in [-0.25, -0.2) is 29.9 Å². The van der Waals surface area contributed by atoms with E-state index in [1.165, 1.54) is 29.9 Å². The summed E-state index contributed by atoms with van der Waals surface area (Å²) >= 11 is 0. The molecular formula is C26H35N11O10P2. The van der Waals surface area contributed by atoms with Crippen LogP contribution in [0.25, 0.3) is 22.3 Å². The van der Waals surface area contributed by atoms with Crippen molar-refractivity contribution in [2.45, 2.75) is 55.8 Å². The van der Waals surface area contributed by atoms with E-state index >= 15 is 0 Å². The fourth-order valence-corrected chi connectivity index (χ4v) is 8.40. The van der Waals surface area contributed by atoms with Gasteiger partial charge in [-0.15, -0.1) is 0 Å². The maximum Gasteiger partial charge on any atom is 0.319 e. The van der Waals surface area contributed by atoms with Crippen molar-refractivity contribution in [1.82, 2.24) is 44.4 Å². The molecule has 0 spiro atoms. The van der Waals surface area contributed by atoms with Crippen LogP contribution in [0.1, 0.15) is 25.3 Å². The summed E-state index contributed by atoms with van der Waals surface area (Å²) in [7, 11) is -4.49. The van der Waals surface area contributed by atoms with Crippen molar-refractivity contribution in [3.8, 4) is 0 Å². The number of nitrogens with one attached hydrogen (secondary N) is 1. The first kappa shape index (κ1) is 33.8. The Morgan fingerprint density at radius 3 is 2.27 bits per heavy atom. The highest BCUT2D eigenvalue weighted by Gasteiger charge is 2.52. The van der Waals surface area contributed by atoms with Crippen molar-refractivity contribution in [3.63, 3.8) is 0 Å². The Bertz CT molecular complexity index is 1880. The van der Waals surface area contributed by atoms with E-state index in [0.29, 0.717) is 24.1 Å². The first-order chi connectivity index (χ1) is 23.7. The molecule has 49 heavy (non-hydrogen) atoms. The predicted octanol–water partition coefficient (Wildman–Crippen LogP) is -0.190. The summed E-state index contributed by atoms with van der Waals surface area (Å²) in [5.41, 5.74) is 13.2. The Morgan fingerprint density at radius 1 is 0.959 bits per heavy atom. The number of hydrogen-bond acceptors (Lipinski definition) is 19. The summed E-state index contributed by atoms with van der Waals surface area (Å²) in [6, 6.07) is 0. The number of carbonyl (C=O) groups excluding carboxylic acids is 1. The Hall–Kier alpha value is -3.65. The molecule has 7 heterocycles. The van der Waals surface area contributed by atoms with E-state index in [1.807, 2.05) is 0 Å². The molecule has 4 aromatic rings. The fourth-order valence-electron chi connectivity index (χ4n) is 6.22. The van der Waals surface area contributed by atoms with E-state index in [4.69, 9.17) is 39.2 Å². The largest absolute Gasteiger partial charge is 0.455 e. The number of esters is 1. The third-order valence-electron chi connectivity index (χ3n) is 8.59. The van der Waals surface area contributed by atoms with Crippen LogP contribution >= 0.6 is 16.3 Å². The van der Waals surface area contributed by atoms with Gasteiger partial charge in [0, 0.05) is 18.5 Å². The van der Waals surface area contributed by atoms with Crippen molar-refractivity contribution in [2.75, 3.05) is 44.4 Å². The molecule has 0 aliphatic carbocycles. The lowest BCUT2D eigenvalue weighted by Crippen LogP contribution is -2.38. The minimum atomic E-state index is -3.36. The minimum Gasteiger partial charge on any atom is -0.455 e. The van der Waals surface area contributed by atoms with Gasteiger partial charge in [0.15, 0.2) is 43.3 Å². The maximum absolute atomic E-state index is 13.5. The number of aliphatic hydroxyl groups excluding tert-OH is 1. The standard InChI is InChI=1S/C26H35N11O10P2/c1-29-4-2-3-15(38)46-20-19-14(45-26(20)37-11-35-17-22(28)31-9-33-24(17)37)6-42-48(40)7-12-18(39)13(5-43-49(41)47-19)44-25(12)36-10-34-16-21(27)30-8-32-23(16)36/h8-14,18-20,25-26,29,39,48-49H,2-7H2,1H3,(H2,27,30,32)(H2,28,31,33)/t12-,13-,14-,18+,19-,20-,25-,26-/m1/s1. The Morgan fingerprint density at radius 2 is 1.59 bits per heavy atom. The van der Waals surface area contributed by atoms with Crippen LogP contribution in [-0.4, -0.2) is 114 Å². The van der Waals surface area contributed by atoms with Crippen molar-refractivity contribution in [1.29, 1.82) is 0 Å². The van der Waals surface area contributed by atoms with Crippen LogP contribution in [0.5, 0.6) is 0 Å². The van der Waals surface area contributed by atoms with Gasteiger partial charge >= 0.3 is 14.2 Å². The predicted molar refractivity (Wildman–Crippen MR) is 169 cm³/mol. The molecule has 2 unspecified atom stereocenters. The zero-order valence-electron chi connectivity index (χ0n) is 26.0. The summed E-state index contributed by atoms with van der Waals surface area (Å²) < 4.78 is 65.7. The van der Waals surface area contributed by atoms with Crippen LogP contribution in [0.2, 0.25) is 0 Å². The van der Waals surface area contributed by atoms with E-state index in [2.05, 4.69) is 35.2 Å². The molecule has 0 radical (unpaired) electrons. The lowest BCUT2D eigenvalue weighted by Gasteiger charge is -2.25. The minimum absolute atomic E-state index is 0.0709. The Labute approximate surface area is 278 Å². The molecule has 4 aromatic heterocycles. The zero-order valence-corrected chi connectivity index (χ0v) is 28.0. The number of ether oxygens (including phenoxy) is 3. The van der Waals surface area contributed by atoms with Crippen molar-refractivity contribution in [2.24, 2.45) is 5.92 Å². The molecule has 7 rings (SSSR count). The second kappa shape index (κ2) is 14.3. The number of aliphatic hydroxyl groups is 1. The number of carbonyl (C=O) groups is 1. The molecule has 0 aromatic carbocycles. The number of nitrogen functional groups attached to an aromatic ring is 2. The molecular weight excluding hydrogens is 688 g/mol. The number of nitrogens with two attached hydrogens (primary N) is 2. The van der Waals surface area contributed by atoms with Gasteiger partial charge in [0.25, 0.3) is 0 Å². The van der Waals surface area contributed by atoms with Crippen LogP contribution in [0.4, 0.5) is 11.6 Å². The molecule has 264 valence electrons. The van der Waals surface area contributed by atoms with E-state index in [-0.39, 0.29) is 48.6 Å². The molecule has 21 nitrogen and oxygen atoms in total. The van der Waals surface area contributed by atoms with Gasteiger partial charge < -0.3 is 49.7 Å². The summed E-state index contributed by atoms with van der Waals surface area (Å²) in [5.74, 6) is -1.06. The summed E-state index contributed by atoms with van der Waals surface area (Å²) in [5, 5.41) is 14.3. The molecule has 10 atom stereocenters. The topological polar surface area (TPSA) is 278 Å². The van der Waals surface area contributed by atoms with Crippen LogP contribution in [-0.2, 0) is 41.7 Å². The Balaban J connectivity index is 1.17. The lowest BCUT2D eigenvalue weighted by molar-refractivity contribution is -0.158. The van der Waals surface area contributed by atoms with Crippen molar-refractivity contribution >= 4 is 56.2 Å². The monoisotopic (exact) mass is 723 g/mol. The average molecular weight is 724 g/mol. The number of hydrogen-bond donors (Lipinski definition) is 4. The van der Waals surface area contributed by atoms with Gasteiger partial charge in [-0.1, -0.05) is 0 Å². The molecule has 23 heteroatoms. The quantitative estimate of drug-likeness (QED) is 0.109. The molecule has 2 bridgehead atoms. The number of rotatable bonds is 7. The molecule has 3 aliphatic heterocycles. The van der Waals surface area contributed by atoms with Crippen LogP contribution in [0.15, 0.2) is 25.3 Å². The highest BCUT2D eigenvalue weighted by molar-refractivity contribution is 7.39. The van der Waals surface area contributed by atoms with Gasteiger partial charge in [-0.05, 0) is 20.0 Å². The molecule has 0 amide bonds. The molecule has 3 saturated heterocycles. The van der Waals surface area contributed by atoms with Gasteiger partial charge in [0.1, 0.15) is 48.2 Å². The first-order valence-electron chi connectivity index (χ1n) is 15.4. The number of anilines is 2. The fraction of sp³-hybridized carbons (Fsp3) is 0.577. The molecule has 0 saturated carbocycles. The molecule has 3 aliphatic rings. The van der Waals surface area contributed by atoms with Crippen molar-refractivity contribution < 1.29 is 46.8 Å². The maximum atomic E-state index is 13.5. The van der Waals surface area contributed by atoms with Crippen LogP contribution in [0.3, 0.4) is 0 Å². The van der Waals surface area contributed by atoms with Crippen molar-refractivity contribution in [3.05, 3.63) is 25.3 Å². The van der Waals surface area contributed by atoms with Gasteiger partial charge in [0.2, 0.25) is 0 Å². The lowest BCUT2D eigenvalue weighted by atomic mass is 10.0. The average Bonchev–Trinajstić information content (AvgIpc) is 3.85. The van der Waals surface area contributed by atoms with E-state index in [1.54, 1.807) is 11.6 Å².